The average molecular weight is 482 g/mol. The number of ether oxygens (including phenoxy) is 1. The summed E-state index contributed by atoms with van der Waals surface area (Å²) in [5.41, 5.74) is 1.08. The van der Waals surface area contributed by atoms with Gasteiger partial charge in [0.05, 0.1) is 49.6 Å². The molecular weight excluding hydrogens is 456 g/mol. The van der Waals surface area contributed by atoms with Crippen LogP contribution in [0.2, 0.25) is 5.02 Å². The van der Waals surface area contributed by atoms with Crippen molar-refractivity contribution in [3.63, 3.8) is 0 Å². The Labute approximate surface area is 192 Å². The molecule has 0 bridgehead atoms. The van der Waals surface area contributed by atoms with Crippen LogP contribution in [0, 0.1) is 0 Å². The zero-order valence-electron chi connectivity index (χ0n) is 17.6. The lowest BCUT2D eigenvalue weighted by Crippen LogP contribution is -2.71. The fraction of sp³-hybridized carbons (Fsp3) is 0.429. The molecule has 2 saturated heterocycles. The second kappa shape index (κ2) is 9.05. The summed E-state index contributed by atoms with van der Waals surface area (Å²) in [5, 5.41) is 9.49. The number of benzene rings is 1. The van der Waals surface area contributed by atoms with Gasteiger partial charge in [0.15, 0.2) is 5.69 Å². The molecule has 0 saturated carbocycles. The Bertz CT molecular complexity index is 1090. The maximum absolute atomic E-state index is 13.7. The smallest absolute Gasteiger partial charge is 0.375 e. The zero-order chi connectivity index (χ0) is 22.9. The van der Waals surface area contributed by atoms with E-state index in [4.69, 9.17) is 21.4 Å². The van der Waals surface area contributed by atoms with E-state index in [1.165, 1.54) is 18.3 Å². The predicted molar refractivity (Wildman–Crippen MR) is 121 cm³/mol. The molecule has 4 rings (SSSR count). The third-order valence-electron chi connectivity index (χ3n) is 6.18. The van der Waals surface area contributed by atoms with Gasteiger partial charge in [-0.25, -0.2) is 4.79 Å². The third kappa shape index (κ3) is 4.39. The first-order chi connectivity index (χ1) is 15.2. The van der Waals surface area contributed by atoms with E-state index in [9.17, 15) is 13.2 Å². The van der Waals surface area contributed by atoms with Gasteiger partial charge in [-0.15, -0.1) is 0 Å². The molecule has 3 heterocycles. The Morgan fingerprint density at radius 2 is 2.12 bits per heavy atom. The van der Waals surface area contributed by atoms with Crippen LogP contribution in [0.25, 0.3) is 0 Å². The molecule has 1 aromatic heterocycles. The second-order valence-corrected chi connectivity index (χ2v) is 10.6. The molecule has 32 heavy (non-hydrogen) atoms. The van der Waals surface area contributed by atoms with Gasteiger partial charge in [-0.2, -0.15) is 17.0 Å². The standard InChI is InChI=1S/C21H25ClN4O5S/c1-15-12-26(20-4-2-3-17(22)9-20,8-7-25(15)19-13-31-14-19)32(29,30)24-11-18-6-5-16(10-23-18)21(27)28/h2-6,9-10,15,19,24H,7-8,11-14H2,1H3/p+1/t15?,26-/m1/s1. The van der Waals surface area contributed by atoms with Gasteiger partial charge in [0.2, 0.25) is 0 Å². The number of aromatic carboxylic acids is 1. The number of quaternary nitrogens is 1. The molecule has 11 heteroatoms. The van der Waals surface area contributed by atoms with Gasteiger partial charge >= 0.3 is 16.2 Å². The number of carboxylic acid groups (broad SMARTS) is 1. The van der Waals surface area contributed by atoms with Gasteiger partial charge in [0, 0.05) is 23.4 Å². The van der Waals surface area contributed by atoms with Crippen LogP contribution in [0.4, 0.5) is 5.69 Å². The zero-order valence-corrected chi connectivity index (χ0v) is 19.2. The number of pyridine rings is 1. The van der Waals surface area contributed by atoms with Gasteiger partial charge < -0.3 is 9.84 Å². The van der Waals surface area contributed by atoms with E-state index in [0.29, 0.717) is 55.3 Å². The highest BCUT2D eigenvalue weighted by Gasteiger charge is 2.50. The molecule has 0 spiro atoms. The van der Waals surface area contributed by atoms with Crippen molar-refractivity contribution in [2.75, 3.05) is 32.8 Å². The molecule has 2 aliphatic rings. The number of hydrogen-bond donors (Lipinski definition) is 2. The monoisotopic (exact) mass is 481 g/mol. The molecule has 172 valence electrons. The molecule has 2 N–H and O–H groups in total. The largest absolute Gasteiger partial charge is 0.478 e. The molecule has 2 atom stereocenters. The van der Waals surface area contributed by atoms with Crippen molar-refractivity contribution in [2.45, 2.75) is 25.6 Å². The molecule has 2 aromatic rings. The van der Waals surface area contributed by atoms with E-state index < -0.39 is 16.2 Å². The molecule has 9 nitrogen and oxygen atoms in total. The number of rotatable bonds is 7. The van der Waals surface area contributed by atoms with Crippen molar-refractivity contribution in [2.24, 2.45) is 0 Å². The van der Waals surface area contributed by atoms with Crippen LogP contribution in [-0.2, 0) is 21.5 Å². The van der Waals surface area contributed by atoms with E-state index in [1.54, 1.807) is 24.3 Å². The van der Waals surface area contributed by atoms with Crippen LogP contribution in [0.3, 0.4) is 0 Å². The van der Waals surface area contributed by atoms with E-state index in [0.717, 1.165) is 0 Å². The first kappa shape index (κ1) is 23.1. The van der Waals surface area contributed by atoms with E-state index >= 15 is 0 Å². The van der Waals surface area contributed by atoms with Gasteiger partial charge in [-0.05, 0) is 25.1 Å². The van der Waals surface area contributed by atoms with Crippen molar-refractivity contribution in [1.29, 1.82) is 0 Å². The molecular formula is C21H26ClN4O5S+. The summed E-state index contributed by atoms with van der Waals surface area (Å²) in [7, 11) is -3.90. The molecule has 1 aromatic carbocycles. The molecule has 0 radical (unpaired) electrons. The normalized spacial score (nSPS) is 24.8. The first-order valence-electron chi connectivity index (χ1n) is 10.4. The van der Waals surface area contributed by atoms with Gasteiger partial charge in [-0.3, -0.25) is 9.88 Å². The van der Waals surface area contributed by atoms with Crippen molar-refractivity contribution in [3.8, 4) is 0 Å². The summed E-state index contributed by atoms with van der Waals surface area (Å²) < 4.78 is 35.2. The number of carboxylic acids is 1. The van der Waals surface area contributed by atoms with Crippen LogP contribution in [0.1, 0.15) is 23.0 Å². The van der Waals surface area contributed by atoms with Crippen LogP contribution in [-0.4, -0.2) is 74.3 Å². The minimum absolute atomic E-state index is 0.0150. The number of nitrogens with one attached hydrogen (secondary N) is 1. The third-order valence-corrected chi connectivity index (χ3v) is 8.39. The Kier molecular flexibility index (Phi) is 6.53. The predicted octanol–water partition coefficient (Wildman–Crippen LogP) is 1.88. The van der Waals surface area contributed by atoms with E-state index in [-0.39, 0.29) is 22.0 Å². The molecule has 1 unspecified atom stereocenters. The summed E-state index contributed by atoms with van der Waals surface area (Å²) >= 11 is 6.23. The SMILES string of the molecule is CC1C[N@+](c2cccc(Cl)c2)(S(=O)(=O)NCc2ccc(C(=O)O)cn2)CCN1C1COC1. The number of aromatic nitrogens is 1. The van der Waals surface area contributed by atoms with Crippen LogP contribution in [0.15, 0.2) is 42.6 Å². The quantitative estimate of drug-likeness (QED) is 0.581. The topological polar surface area (TPSA) is 109 Å². The molecule has 0 aliphatic carbocycles. The summed E-state index contributed by atoms with van der Waals surface area (Å²) in [4.78, 5) is 17.4. The minimum atomic E-state index is -3.90. The molecule has 2 fully saturated rings. The maximum Gasteiger partial charge on any atom is 0.375 e. The summed E-state index contributed by atoms with van der Waals surface area (Å²) in [6.45, 7) is 4.66. The Balaban J connectivity index is 1.61. The van der Waals surface area contributed by atoms with Crippen molar-refractivity contribution >= 4 is 33.5 Å². The van der Waals surface area contributed by atoms with E-state index in [1.807, 2.05) is 6.92 Å². The average Bonchev–Trinajstić information content (AvgIpc) is 2.72. The number of hydrogen-bond acceptors (Lipinski definition) is 6. The van der Waals surface area contributed by atoms with Crippen LogP contribution < -0.4 is 8.61 Å². The van der Waals surface area contributed by atoms with Crippen LogP contribution >= 0.6 is 11.6 Å². The van der Waals surface area contributed by atoms with Crippen molar-refractivity contribution in [3.05, 3.63) is 58.9 Å². The van der Waals surface area contributed by atoms with Crippen molar-refractivity contribution < 1.29 is 23.1 Å². The Morgan fingerprint density at radius 3 is 2.69 bits per heavy atom. The number of carbonyl (C=O) groups is 1. The number of halogens is 1. The van der Waals surface area contributed by atoms with Crippen molar-refractivity contribution in [1.82, 2.24) is 18.5 Å². The fourth-order valence-corrected chi connectivity index (χ4v) is 6.23. The van der Waals surface area contributed by atoms with Crippen LogP contribution in [0.5, 0.6) is 0 Å². The Morgan fingerprint density at radius 1 is 1.34 bits per heavy atom. The fourth-order valence-electron chi connectivity index (χ4n) is 4.34. The number of nitrogens with zero attached hydrogens (tertiary/aromatic N) is 3. The molecule has 0 amide bonds. The highest BCUT2D eigenvalue weighted by atomic mass is 35.5. The second-order valence-electron chi connectivity index (χ2n) is 8.19. The minimum Gasteiger partial charge on any atom is -0.478 e. The summed E-state index contributed by atoms with van der Waals surface area (Å²) in [5.74, 6) is -1.08. The Hall–Kier alpha value is -2.08. The highest BCUT2D eigenvalue weighted by Crippen LogP contribution is 2.34. The van der Waals surface area contributed by atoms with Gasteiger partial charge in [0.1, 0.15) is 13.1 Å². The van der Waals surface area contributed by atoms with Gasteiger partial charge in [0.25, 0.3) is 0 Å². The lowest BCUT2D eigenvalue weighted by Gasteiger charge is -2.49. The van der Waals surface area contributed by atoms with Gasteiger partial charge in [-0.1, -0.05) is 17.7 Å². The summed E-state index contributed by atoms with van der Waals surface area (Å²) in [6, 6.07) is 10.2. The van der Waals surface area contributed by atoms with E-state index in [2.05, 4.69) is 14.6 Å². The lowest BCUT2D eigenvalue weighted by molar-refractivity contribution is -0.0868. The number of piperazine rings is 1. The lowest BCUT2D eigenvalue weighted by atomic mass is 10.1. The maximum atomic E-state index is 13.7. The summed E-state index contributed by atoms with van der Waals surface area (Å²) in [6.07, 6.45) is 1.22. The molecule has 2 aliphatic heterocycles. The highest BCUT2D eigenvalue weighted by molar-refractivity contribution is 7.89. The first-order valence-corrected chi connectivity index (χ1v) is 12.2.